The molecule has 176 valence electrons. The van der Waals surface area contributed by atoms with Gasteiger partial charge in [0.05, 0.1) is 20.3 Å². The second-order valence-electron chi connectivity index (χ2n) is 8.97. The molecule has 3 aromatic carbocycles. The number of rotatable bonds is 4. The van der Waals surface area contributed by atoms with E-state index in [0.29, 0.717) is 17.1 Å². The van der Waals surface area contributed by atoms with E-state index in [0.717, 1.165) is 36.5 Å². The SMILES string of the molecule is COc1ccc(C(=O)N2c3ccccc3C(N3CCCc4cc(Cl)ccc43)CC2C)cc1OC. The molecule has 5 nitrogen and oxygen atoms in total. The van der Waals surface area contributed by atoms with Gasteiger partial charge in [0.25, 0.3) is 5.91 Å². The molecule has 0 saturated carbocycles. The minimum Gasteiger partial charge on any atom is -0.493 e. The molecular weight excluding hydrogens is 448 g/mol. The fourth-order valence-corrected chi connectivity index (χ4v) is 5.61. The molecule has 0 bridgehead atoms. The molecule has 0 aromatic heterocycles. The monoisotopic (exact) mass is 476 g/mol. The van der Waals surface area contributed by atoms with Crippen molar-refractivity contribution in [3.63, 3.8) is 0 Å². The molecule has 2 unspecified atom stereocenters. The average molecular weight is 477 g/mol. The van der Waals surface area contributed by atoms with Crippen LogP contribution in [0.15, 0.2) is 60.7 Å². The number of hydrogen-bond acceptors (Lipinski definition) is 4. The summed E-state index contributed by atoms with van der Waals surface area (Å²) in [6.07, 6.45) is 2.98. The zero-order chi connectivity index (χ0) is 23.8. The van der Waals surface area contributed by atoms with Crippen LogP contribution in [-0.4, -0.2) is 32.7 Å². The lowest BCUT2D eigenvalue weighted by Gasteiger charge is -2.46. The summed E-state index contributed by atoms with van der Waals surface area (Å²) >= 11 is 6.29. The number of halogens is 1. The molecule has 2 atom stereocenters. The van der Waals surface area contributed by atoms with E-state index in [1.165, 1.54) is 16.8 Å². The summed E-state index contributed by atoms with van der Waals surface area (Å²) in [5.74, 6) is 1.12. The number of methoxy groups -OCH3 is 2. The zero-order valence-electron chi connectivity index (χ0n) is 19.8. The van der Waals surface area contributed by atoms with Crippen LogP contribution in [0.5, 0.6) is 11.5 Å². The quantitative estimate of drug-likeness (QED) is 0.443. The van der Waals surface area contributed by atoms with Crippen LogP contribution in [-0.2, 0) is 6.42 Å². The number of aryl methyl sites for hydroxylation is 1. The number of nitrogens with zero attached hydrogens (tertiary/aromatic N) is 2. The molecule has 5 rings (SSSR count). The maximum Gasteiger partial charge on any atom is 0.258 e. The summed E-state index contributed by atoms with van der Waals surface area (Å²) in [5, 5.41) is 0.782. The van der Waals surface area contributed by atoms with E-state index in [4.69, 9.17) is 21.1 Å². The number of carbonyl (C=O) groups excluding carboxylic acids is 1. The lowest BCUT2D eigenvalue weighted by Crippen LogP contribution is -2.47. The molecule has 2 aliphatic rings. The van der Waals surface area contributed by atoms with Gasteiger partial charge < -0.3 is 19.3 Å². The van der Waals surface area contributed by atoms with Gasteiger partial charge in [-0.1, -0.05) is 29.8 Å². The molecule has 3 aromatic rings. The minimum atomic E-state index is -0.0369. The Labute approximate surface area is 205 Å². The van der Waals surface area contributed by atoms with E-state index in [2.05, 4.69) is 42.2 Å². The van der Waals surface area contributed by atoms with Crippen molar-refractivity contribution in [3.8, 4) is 11.5 Å². The molecule has 34 heavy (non-hydrogen) atoms. The highest BCUT2D eigenvalue weighted by Crippen LogP contribution is 2.45. The Morgan fingerprint density at radius 1 is 0.971 bits per heavy atom. The van der Waals surface area contributed by atoms with Gasteiger partial charge in [0, 0.05) is 34.5 Å². The van der Waals surface area contributed by atoms with Crippen LogP contribution in [0.3, 0.4) is 0 Å². The standard InChI is InChI=1S/C28H29ClN2O3/c1-18-15-25(30-14-6-7-19-16-21(29)11-12-23(19)30)22-8-4-5-9-24(22)31(18)28(32)20-10-13-26(33-2)27(17-20)34-3/h4-5,8-13,16-18,25H,6-7,14-15H2,1-3H3. The number of anilines is 2. The number of fused-ring (bicyclic) bond motifs is 2. The van der Waals surface area contributed by atoms with Crippen molar-refractivity contribution in [2.45, 2.75) is 38.3 Å². The summed E-state index contributed by atoms with van der Waals surface area (Å²) < 4.78 is 10.8. The summed E-state index contributed by atoms with van der Waals surface area (Å²) in [5.41, 5.74) is 5.27. The average Bonchev–Trinajstić information content (AvgIpc) is 2.87. The molecule has 0 N–H and O–H groups in total. The van der Waals surface area contributed by atoms with Crippen molar-refractivity contribution >= 4 is 28.9 Å². The van der Waals surface area contributed by atoms with E-state index in [-0.39, 0.29) is 18.0 Å². The first-order valence-electron chi connectivity index (χ1n) is 11.7. The van der Waals surface area contributed by atoms with Crippen LogP contribution in [0.25, 0.3) is 0 Å². The van der Waals surface area contributed by atoms with Gasteiger partial charge in [-0.3, -0.25) is 4.79 Å². The number of para-hydroxylation sites is 1. The van der Waals surface area contributed by atoms with E-state index in [1.807, 2.05) is 17.0 Å². The van der Waals surface area contributed by atoms with E-state index < -0.39 is 0 Å². The van der Waals surface area contributed by atoms with Gasteiger partial charge >= 0.3 is 0 Å². The highest BCUT2D eigenvalue weighted by molar-refractivity contribution is 6.30. The Morgan fingerprint density at radius 2 is 1.76 bits per heavy atom. The molecule has 1 amide bonds. The second-order valence-corrected chi connectivity index (χ2v) is 9.41. The van der Waals surface area contributed by atoms with Crippen LogP contribution in [0.4, 0.5) is 11.4 Å². The minimum absolute atomic E-state index is 0.0261. The largest absolute Gasteiger partial charge is 0.493 e. The summed E-state index contributed by atoms with van der Waals surface area (Å²) in [4.78, 5) is 18.2. The molecule has 0 radical (unpaired) electrons. The van der Waals surface area contributed by atoms with Gasteiger partial charge in [-0.15, -0.1) is 0 Å². The second kappa shape index (κ2) is 9.22. The van der Waals surface area contributed by atoms with Gasteiger partial charge in [0.2, 0.25) is 0 Å². The van der Waals surface area contributed by atoms with Crippen molar-refractivity contribution in [3.05, 3.63) is 82.4 Å². The predicted molar refractivity (Wildman–Crippen MR) is 137 cm³/mol. The van der Waals surface area contributed by atoms with Crippen molar-refractivity contribution in [2.75, 3.05) is 30.6 Å². The Hall–Kier alpha value is -3.18. The number of carbonyl (C=O) groups is 1. The van der Waals surface area contributed by atoms with Gasteiger partial charge in [-0.2, -0.15) is 0 Å². The summed E-state index contributed by atoms with van der Waals surface area (Å²) in [7, 11) is 3.17. The number of benzene rings is 3. The third kappa shape index (κ3) is 3.88. The van der Waals surface area contributed by atoms with Crippen molar-refractivity contribution in [2.24, 2.45) is 0 Å². The van der Waals surface area contributed by atoms with Gasteiger partial charge in [0.15, 0.2) is 11.5 Å². The van der Waals surface area contributed by atoms with Gasteiger partial charge in [-0.05, 0) is 79.8 Å². The first kappa shape index (κ1) is 22.6. The van der Waals surface area contributed by atoms with Gasteiger partial charge in [0.1, 0.15) is 0 Å². The summed E-state index contributed by atoms with van der Waals surface area (Å²) in [6.45, 7) is 3.12. The third-order valence-corrected chi connectivity index (χ3v) is 7.22. The van der Waals surface area contributed by atoms with Crippen LogP contribution in [0.1, 0.15) is 47.3 Å². The topological polar surface area (TPSA) is 42.0 Å². The number of amides is 1. The molecule has 6 heteroatoms. The lowest BCUT2D eigenvalue weighted by molar-refractivity contribution is 0.0973. The number of hydrogen-bond donors (Lipinski definition) is 0. The lowest BCUT2D eigenvalue weighted by atomic mass is 9.88. The third-order valence-electron chi connectivity index (χ3n) is 6.98. The Bertz CT molecular complexity index is 1230. The highest BCUT2D eigenvalue weighted by Gasteiger charge is 2.38. The fourth-order valence-electron chi connectivity index (χ4n) is 5.41. The molecular formula is C28H29ClN2O3. The highest BCUT2D eigenvalue weighted by atomic mass is 35.5. The Balaban J connectivity index is 1.53. The molecule has 0 aliphatic carbocycles. The smallest absolute Gasteiger partial charge is 0.258 e. The van der Waals surface area contributed by atoms with Crippen LogP contribution >= 0.6 is 11.6 Å². The molecule has 0 spiro atoms. The van der Waals surface area contributed by atoms with E-state index in [9.17, 15) is 4.79 Å². The van der Waals surface area contributed by atoms with Crippen molar-refractivity contribution in [1.29, 1.82) is 0 Å². The Kier molecular flexibility index (Phi) is 6.13. The van der Waals surface area contributed by atoms with E-state index >= 15 is 0 Å². The normalized spacial score (nSPS) is 19.3. The maximum absolute atomic E-state index is 13.8. The van der Waals surface area contributed by atoms with Gasteiger partial charge in [-0.25, -0.2) is 0 Å². The molecule has 0 saturated heterocycles. The first-order valence-corrected chi connectivity index (χ1v) is 12.1. The van der Waals surface area contributed by atoms with Crippen LogP contribution in [0.2, 0.25) is 5.02 Å². The fraction of sp³-hybridized carbons (Fsp3) is 0.321. The van der Waals surface area contributed by atoms with Crippen LogP contribution in [0, 0.1) is 0 Å². The first-order chi connectivity index (χ1) is 16.5. The van der Waals surface area contributed by atoms with Crippen LogP contribution < -0.4 is 19.3 Å². The zero-order valence-corrected chi connectivity index (χ0v) is 20.5. The molecule has 2 aliphatic heterocycles. The predicted octanol–water partition coefficient (Wildman–Crippen LogP) is 6.29. The maximum atomic E-state index is 13.8. The van der Waals surface area contributed by atoms with Crippen molar-refractivity contribution < 1.29 is 14.3 Å². The number of ether oxygens (including phenoxy) is 2. The molecule has 0 fully saturated rings. The van der Waals surface area contributed by atoms with E-state index in [1.54, 1.807) is 32.4 Å². The summed E-state index contributed by atoms with van der Waals surface area (Å²) in [6, 6.07) is 20.1. The molecule has 2 heterocycles. The van der Waals surface area contributed by atoms with Crippen molar-refractivity contribution in [1.82, 2.24) is 0 Å². The Morgan fingerprint density at radius 3 is 2.56 bits per heavy atom.